The van der Waals surface area contributed by atoms with Gasteiger partial charge in [-0.2, -0.15) is 5.26 Å². The second-order valence-corrected chi connectivity index (χ2v) is 10.3. The highest BCUT2D eigenvalue weighted by atomic mass is 16.6. The maximum atomic E-state index is 13.0. The number of ether oxygens (including phenoxy) is 1. The third-order valence-corrected chi connectivity index (χ3v) is 6.46. The Balaban J connectivity index is 1.57. The van der Waals surface area contributed by atoms with Crippen LogP contribution in [0.3, 0.4) is 0 Å². The molecule has 0 bridgehead atoms. The number of carbonyl (C=O) groups is 3. The van der Waals surface area contributed by atoms with Crippen LogP contribution in [0.15, 0.2) is 6.07 Å². The van der Waals surface area contributed by atoms with E-state index in [1.165, 1.54) is 0 Å². The van der Waals surface area contributed by atoms with Crippen LogP contribution in [0, 0.1) is 23.2 Å². The summed E-state index contributed by atoms with van der Waals surface area (Å²) in [6.45, 7) is 7.68. The minimum Gasteiger partial charge on any atom is -0.460 e. The second-order valence-electron chi connectivity index (χ2n) is 10.3. The van der Waals surface area contributed by atoms with Crippen molar-refractivity contribution in [3.8, 4) is 6.07 Å². The second kappa shape index (κ2) is 9.12. The highest BCUT2D eigenvalue weighted by Crippen LogP contribution is 2.35. The summed E-state index contributed by atoms with van der Waals surface area (Å²) in [7, 11) is 0. The summed E-state index contributed by atoms with van der Waals surface area (Å²) in [4.78, 5) is 46.2. The summed E-state index contributed by atoms with van der Waals surface area (Å²) in [6, 6.07) is 3.88. The van der Waals surface area contributed by atoms with E-state index >= 15 is 0 Å². The van der Waals surface area contributed by atoms with Crippen molar-refractivity contribution in [3.63, 3.8) is 0 Å². The first-order chi connectivity index (χ1) is 15.7. The molecular formula is C25H32N4O4. The van der Waals surface area contributed by atoms with Crippen LogP contribution in [0.5, 0.6) is 0 Å². The topological polar surface area (TPSA) is 104 Å². The van der Waals surface area contributed by atoms with Gasteiger partial charge in [-0.15, -0.1) is 0 Å². The van der Waals surface area contributed by atoms with Crippen molar-refractivity contribution in [3.05, 3.63) is 22.9 Å². The number of amides is 1. The van der Waals surface area contributed by atoms with Crippen LogP contribution < -0.4 is 4.90 Å². The lowest BCUT2D eigenvalue weighted by molar-refractivity contribution is -0.160. The lowest BCUT2D eigenvalue weighted by Gasteiger charge is -2.34. The molecule has 1 saturated carbocycles. The third kappa shape index (κ3) is 5.35. The molecule has 0 unspecified atom stereocenters. The summed E-state index contributed by atoms with van der Waals surface area (Å²) >= 11 is 0. The molecular weight excluding hydrogens is 420 g/mol. The predicted molar refractivity (Wildman–Crippen MR) is 121 cm³/mol. The Labute approximate surface area is 194 Å². The monoisotopic (exact) mass is 452 g/mol. The number of aromatic nitrogens is 1. The number of nitriles is 1. The Morgan fingerprint density at radius 3 is 2.39 bits per heavy atom. The van der Waals surface area contributed by atoms with E-state index in [1.54, 1.807) is 11.0 Å². The smallest absolute Gasteiger partial charge is 0.309 e. The number of ketones is 1. The number of pyridine rings is 1. The number of esters is 1. The normalized spacial score (nSPS) is 19.5. The van der Waals surface area contributed by atoms with Gasteiger partial charge in [0.05, 0.1) is 23.7 Å². The first-order valence-electron chi connectivity index (χ1n) is 11.9. The standard InChI is InChI=1S/C25H32N4O4/c1-25(2,3)33-24(32)17-8-11-28(12-9-17)23-18(14-26)13-19(22(31)16-6-7-16)20(27-23)15-29-10-4-5-21(29)30/h13,16-17H,4-12,15H2,1-3H3. The van der Waals surface area contributed by atoms with Crippen LogP contribution in [0.4, 0.5) is 5.82 Å². The molecule has 1 aliphatic carbocycles. The number of Topliss-reactive ketones (excluding diaryl/α,β-unsaturated/α-hetero) is 1. The van der Waals surface area contributed by atoms with E-state index in [0.717, 1.165) is 19.3 Å². The van der Waals surface area contributed by atoms with Crippen molar-refractivity contribution in [1.82, 2.24) is 9.88 Å². The number of piperidine rings is 1. The fourth-order valence-corrected chi connectivity index (χ4v) is 4.53. The van der Waals surface area contributed by atoms with Crippen LogP contribution in [-0.4, -0.2) is 52.8 Å². The lowest BCUT2D eigenvalue weighted by atomic mass is 9.96. The summed E-state index contributed by atoms with van der Waals surface area (Å²) in [5.41, 5.74) is 0.896. The van der Waals surface area contributed by atoms with Gasteiger partial charge in [0.2, 0.25) is 5.91 Å². The quantitative estimate of drug-likeness (QED) is 0.482. The molecule has 0 spiro atoms. The van der Waals surface area contributed by atoms with Crippen molar-refractivity contribution in [1.29, 1.82) is 5.26 Å². The molecule has 0 radical (unpaired) electrons. The summed E-state index contributed by atoms with van der Waals surface area (Å²) < 4.78 is 5.54. The number of hydrogen-bond donors (Lipinski definition) is 0. The summed E-state index contributed by atoms with van der Waals surface area (Å²) in [5.74, 6) is 0.273. The van der Waals surface area contributed by atoms with E-state index in [1.807, 2.05) is 25.7 Å². The van der Waals surface area contributed by atoms with Crippen molar-refractivity contribution >= 4 is 23.5 Å². The number of hydrogen-bond acceptors (Lipinski definition) is 7. The zero-order valence-electron chi connectivity index (χ0n) is 19.7. The minimum atomic E-state index is -0.518. The predicted octanol–water partition coefficient (Wildman–Crippen LogP) is 3.23. The molecule has 1 aromatic rings. The van der Waals surface area contributed by atoms with E-state index < -0.39 is 5.60 Å². The molecule has 4 rings (SSSR count). The third-order valence-electron chi connectivity index (χ3n) is 6.46. The molecule has 2 aliphatic heterocycles. The van der Waals surface area contributed by atoms with E-state index in [4.69, 9.17) is 9.72 Å². The van der Waals surface area contributed by atoms with E-state index in [0.29, 0.717) is 68.1 Å². The first-order valence-corrected chi connectivity index (χ1v) is 11.9. The molecule has 8 heteroatoms. The number of rotatable bonds is 6. The van der Waals surface area contributed by atoms with Crippen molar-refractivity contribution in [2.45, 2.75) is 71.4 Å². The van der Waals surface area contributed by atoms with Gasteiger partial charge in [0, 0.05) is 37.5 Å². The molecule has 0 aromatic carbocycles. The zero-order chi connectivity index (χ0) is 23.8. The highest BCUT2D eigenvalue weighted by Gasteiger charge is 2.35. The van der Waals surface area contributed by atoms with Crippen LogP contribution in [0.1, 0.15) is 80.9 Å². The van der Waals surface area contributed by atoms with Gasteiger partial charge in [-0.25, -0.2) is 4.98 Å². The maximum absolute atomic E-state index is 13.0. The molecule has 2 saturated heterocycles. The molecule has 0 N–H and O–H groups in total. The highest BCUT2D eigenvalue weighted by molar-refractivity contribution is 6.01. The van der Waals surface area contributed by atoms with Gasteiger partial charge in [-0.1, -0.05) is 0 Å². The van der Waals surface area contributed by atoms with Gasteiger partial charge >= 0.3 is 5.97 Å². The van der Waals surface area contributed by atoms with E-state index in [9.17, 15) is 19.6 Å². The van der Waals surface area contributed by atoms with Crippen LogP contribution >= 0.6 is 0 Å². The number of likely N-dealkylation sites (tertiary alicyclic amines) is 1. The SMILES string of the molecule is CC(C)(C)OC(=O)C1CCN(c2nc(CN3CCCC3=O)c(C(=O)C3CC3)cc2C#N)CC1. The van der Waals surface area contributed by atoms with Crippen LogP contribution in [0.25, 0.3) is 0 Å². The Kier molecular flexibility index (Phi) is 6.42. The van der Waals surface area contributed by atoms with Gasteiger partial charge in [-0.05, 0) is 58.9 Å². The Hall–Kier alpha value is -2.95. The van der Waals surface area contributed by atoms with Crippen molar-refractivity contribution < 1.29 is 19.1 Å². The van der Waals surface area contributed by atoms with Crippen molar-refractivity contribution in [2.75, 3.05) is 24.5 Å². The average molecular weight is 453 g/mol. The van der Waals surface area contributed by atoms with Gasteiger partial charge in [-0.3, -0.25) is 14.4 Å². The molecule has 1 aromatic heterocycles. The fourth-order valence-electron chi connectivity index (χ4n) is 4.53. The van der Waals surface area contributed by atoms with Gasteiger partial charge < -0.3 is 14.5 Å². The largest absolute Gasteiger partial charge is 0.460 e. The van der Waals surface area contributed by atoms with E-state index in [2.05, 4.69) is 6.07 Å². The molecule has 1 amide bonds. The Morgan fingerprint density at radius 2 is 1.85 bits per heavy atom. The summed E-state index contributed by atoms with van der Waals surface area (Å²) in [6.07, 6.45) is 4.29. The minimum absolute atomic E-state index is 0.00166. The van der Waals surface area contributed by atoms with Crippen molar-refractivity contribution in [2.24, 2.45) is 11.8 Å². The molecule has 3 heterocycles. The lowest BCUT2D eigenvalue weighted by Crippen LogP contribution is -2.39. The number of anilines is 1. The first kappa shape index (κ1) is 23.2. The molecule has 0 atom stereocenters. The Bertz CT molecular complexity index is 995. The molecule has 3 aliphatic rings. The molecule has 176 valence electrons. The van der Waals surface area contributed by atoms with Crippen LogP contribution in [-0.2, 0) is 20.9 Å². The molecule has 3 fully saturated rings. The van der Waals surface area contributed by atoms with Gasteiger partial charge in [0.15, 0.2) is 5.78 Å². The van der Waals surface area contributed by atoms with Gasteiger partial charge in [0.1, 0.15) is 17.5 Å². The molecule has 8 nitrogen and oxygen atoms in total. The Morgan fingerprint density at radius 1 is 1.15 bits per heavy atom. The van der Waals surface area contributed by atoms with Crippen LogP contribution in [0.2, 0.25) is 0 Å². The molecule has 33 heavy (non-hydrogen) atoms. The average Bonchev–Trinajstić information content (AvgIpc) is 3.55. The summed E-state index contributed by atoms with van der Waals surface area (Å²) in [5, 5.41) is 9.83. The van der Waals surface area contributed by atoms with E-state index in [-0.39, 0.29) is 29.5 Å². The van der Waals surface area contributed by atoms with Gasteiger partial charge in [0.25, 0.3) is 0 Å². The number of carbonyl (C=O) groups excluding carboxylic acids is 3. The maximum Gasteiger partial charge on any atom is 0.309 e. The fraction of sp³-hybridized carbons (Fsp3) is 0.640. The number of nitrogens with zero attached hydrogens (tertiary/aromatic N) is 4. The zero-order valence-corrected chi connectivity index (χ0v) is 19.7.